The van der Waals surface area contributed by atoms with E-state index >= 15 is 0 Å². The number of H-pyrrole nitrogens is 1. The van der Waals surface area contributed by atoms with E-state index in [1.165, 1.54) is 18.3 Å². The first-order valence-electron chi connectivity index (χ1n) is 10.4. The van der Waals surface area contributed by atoms with Gasteiger partial charge in [0.05, 0.1) is 17.4 Å². The molecule has 3 heterocycles. The third kappa shape index (κ3) is 6.59. The molecule has 1 aromatic carbocycles. The number of carbonyl (C=O) groups excluding carboxylic acids is 1. The molecule has 3 N–H and O–H groups in total. The van der Waals surface area contributed by atoms with Gasteiger partial charge in [-0.25, -0.2) is 4.98 Å². The standard InChI is InChI=1S/C21H21F3N5O5P/c1-35(31,32)34-16-7-9-29(12-16)19-17(18-6-8-26-28-18)10-13(11-25-19)20(30)27-14-2-4-15(5-3-14)33-21(22,23)24/h2-6,8,10-11,16H,7,9,12H2,1H3,(H,26,28)(H,27,30)(H,31,32)/t16-/m1/s1. The summed E-state index contributed by atoms with van der Waals surface area (Å²) >= 11 is 0. The van der Waals surface area contributed by atoms with Crippen molar-refractivity contribution < 1.29 is 36.7 Å². The Hall–Kier alpha value is -3.41. The highest BCUT2D eigenvalue weighted by Gasteiger charge is 2.31. The highest BCUT2D eigenvalue weighted by atomic mass is 31.2. The van der Waals surface area contributed by atoms with Crippen LogP contribution in [0, 0.1) is 0 Å². The first-order valence-corrected chi connectivity index (χ1v) is 12.4. The molecule has 14 heteroatoms. The summed E-state index contributed by atoms with van der Waals surface area (Å²) in [6.07, 6.45) is -1.81. The van der Waals surface area contributed by atoms with Gasteiger partial charge >= 0.3 is 14.0 Å². The average molecular weight is 511 g/mol. The number of aromatic amines is 1. The number of anilines is 2. The van der Waals surface area contributed by atoms with Gasteiger partial charge < -0.3 is 24.4 Å². The van der Waals surface area contributed by atoms with Crippen molar-refractivity contribution in [1.82, 2.24) is 15.2 Å². The number of halogens is 3. The van der Waals surface area contributed by atoms with Gasteiger partial charge in [-0.05, 0) is 42.8 Å². The zero-order chi connectivity index (χ0) is 25.2. The molecule has 1 unspecified atom stereocenters. The second kappa shape index (κ2) is 9.68. The highest BCUT2D eigenvalue weighted by Crippen LogP contribution is 2.41. The number of benzene rings is 1. The maximum Gasteiger partial charge on any atom is 0.573 e. The van der Waals surface area contributed by atoms with Crippen LogP contribution in [0.25, 0.3) is 11.3 Å². The number of nitrogens with zero attached hydrogens (tertiary/aromatic N) is 3. The number of alkyl halides is 3. The Kier molecular flexibility index (Phi) is 6.84. The van der Waals surface area contributed by atoms with E-state index in [-0.39, 0.29) is 11.3 Å². The van der Waals surface area contributed by atoms with E-state index in [4.69, 9.17) is 4.52 Å². The molecule has 3 aromatic rings. The molecule has 186 valence electrons. The molecule has 0 saturated carbocycles. The van der Waals surface area contributed by atoms with Gasteiger partial charge in [-0.15, -0.1) is 13.2 Å². The Bertz CT molecular complexity index is 1230. The van der Waals surface area contributed by atoms with Crippen molar-refractivity contribution in [2.75, 3.05) is 30.0 Å². The fourth-order valence-electron chi connectivity index (χ4n) is 3.66. The molecule has 1 saturated heterocycles. The summed E-state index contributed by atoms with van der Waals surface area (Å²) in [6.45, 7) is 2.00. The third-order valence-corrected chi connectivity index (χ3v) is 5.74. The number of pyridine rings is 1. The Labute approximate surface area is 197 Å². The summed E-state index contributed by atoms with van der Waals surface area (Å²) in [7, 11) is -3.64. The van der Waals surface area contributed by atoms with Crippen LogP contribution in [0.2, 0.25) is 0 Å². The number of nitrogens with one attached hydrogen (secondary N) is 2. The van der Waals surface area contributed by atoms with Crippen LogP contribution in [0.1, 0.15) is 16.8 Å². The number of carbonyl (C=O) groups is 1. The lowest BCUT2D eigenvalue weighted by atomic mass is 10.1. The largest absolute Gasteiger partial charge is 0.573 e. The fraction of sp³-hybridized carbons (Fsp3) is 0.286. The van der Waals surface area contributed by atoms with Crippen LogP contribution < -0.4 is 15.0 Å². The van der Waals surface area contributed by atoms with Gasteiger partial charge in [0.2, 0.25) is 0 Å². The van der Waals surface area contributed by atoms with Crippen molar-refractivity contribution in [2.24, 2.45) is 0 Å². The number of aromatic nitrogens is 3. The quantitative estimate of drug-likeness (QED) is 0.406. The van der Waals surface area contributed by atoms with Crippen LogP contribution in [-0.4, -0.2) is 58.2 Å². The van der Waals surface area contributed by atoms with Crippen LogP contribution in [-0.2, 0) is 9.09 Å². The second-order valence-electron chi connectivity index (χ2n) is 7.86. The van der Waals surface area contributed by atoms with E-state index < -0.39 is 31.7 Å². The van der Waals surface area contributed by atoms with Gasteiger partial charge in [-0.1, -0.05) is 0 Å². The van der Waals surface area contributed by atoms with Gasteiger partial charge in [0.1, 0.15) is 11.6 Å². The zero-order valence-electron chi connectivity index (χ0n) is 18.3. The molecule has 1 aliphatic rings. The molecule has 10 nitrogen and oxygen atoms in total. The molecule has 0 bridgehead atoms. The molecular formula is C21H21F3N5O5P. The van der Waals surface area contributed by atoms with Crippen molar-refractivity contribution >= 4 is 25.0 Å². The van der Waals surface area contributed by atoms with E-state index in [0.29, 0.717) is 36.6 Å². The van der Waals surface area contributed by atoms with Crippen LogP contribution in [0.3, 0.4) is 0 Å². The van der Waals surface area contributed by atoms with E-state index in [1.807, 2.05) is 4.90 Å². The van der Waals surface area contributed by atoms with E-state index in [9.17, 15) is 27.4 Å². The van der Waals surface area contributed by atoms with E-state index in [1.54, 1.807) is 18.3 Å². The molecule has 35 heavy (non-hydrogen) atoms. The van der Waals surface area contributed by atoms with Gasteiger partial charge in [-0.2, -0.15) is 5.10 Å². The summed E-state index contributed by atoms with van der Waals surface area (Å²) in [6, 6.07) is 8.07. The van der Waals surface area contributed by atoms with Gasteiger partial charge in [-0.3, -0.25) is 14.5 Å². The Balaban J connectivity index is 1.53. The monoisotopic (exact) mass is 511 g/mol. The van der Waals surface area contributed by atoms with Gasteiger partial charge in [0.15, 0.2) is 0 Å². The molecule has 1 aliphatic heterocycles. The van der Waals surface area contributed by atoms with Crippen LogP contribution >= 0.6 is 7.60 Å². The second-order valence-corrected chi connectivity index (χ2v) is 9.67. The predicted octanol–water partition coefficient (Wildman–Crippen LogP) is 4.03. The molecule has 1 amide bonds. The van der Waals surface area contributed by atoms with Crippen molar-refractivity contribution in [3.05, 3.63) is 54.4 Å². The smallest absolute Gasteiger partial charge is 0.406 e. The molecule has 0 radical (unpaired) electrons. The molecule has 2 aromatic heterocycles. The third-order valence-electron chi connectivity index (χ3n) is 5.05. The SMILES string of the molecule is CP(=O)(O)O[C@@H]1CCN(c2ncc(C(=O)Nc3ccc(OC(F)(F)F)cc3)cc2-c2ccn[nH]2)C1. The summed E-state index contributed by atoms with van der Waals surface area (Å²) in [4.78, 5) is 28.7. The van der Waals surface area contributed by atoms with E-state index in [0.717, 1.165) is 18.8 Å². The normalized spacial score (nSPS) is 17.7. The average Bonchev–Trinajstić information content (AvgIpc) is 3.45. The first kappa shape index (κ1) is 24.7. The van der Waals surface area contributed by atoms with Crippen molar-refractivity contribution in [3.8, 4) is 17.0 Å². The number of hydrogen-bond donors (Lipinski definition) is 3. The van der Waals surface area contributed by atoms with Gasteiger partial charge in [0, 0.05) is 43.4 Å². The maximum absolute atomic E-state index is 12.8. The van der Waals surface area contributed by atoms with Crippen molar-refractivity contribution in [1.29, 1.82) is 0 Å². The summed E-state index contributed by atoms with van der Waals surface area (Å²) in [5, 5.41) is 9.39. The topological polar surface area (TPSA) is 130 Å². The molecule has 1 fully saturated rings. The van der Waals surface area contributed by atoms with Crippen molar-refractivity contribution in [2.45, 2.75) is 18.9 Å². The predicted molar refractivity (Wildman–Crippen MR) is 120 cm³/mol. The minimum absolute atomic E-state index is 0.203. The lowest BCUT2D eigenvalue weighted by molar-refractivity contribution is -0.274. The van der Waals surface area contributed by atoms with E-state index in [2.05, 4.69) is 25.2 Å². The molecule has 0 aliphatic carbocycles. The lowest BCUT2D eigenvalue weighted by Gasteiger charge is -2.21. The number of amides is 1. The summed E-state index contributed by atoms with van der Waals surface area (Å²) in [5.41, 5.74) is 1.65. The summed E-state index contributed by atoms with van der Waals surface area (Å²) < 4.78 is 57.6. The first-order chi connectivity index (χ1) is 16.5. The summed E-state index contributed by atoms with van der Waals surface area (Å²) in [5.74, 6) is -0.393. The van der Waals surface area contributed by atoms with Crippen LogP contribution in [0.15, 0.2) is 48.8 Å². The maximum atomic E-state index is 12.8. The lowest BCUT2D eigenvalue weighted by Crippen LogP contribution is -2.24. The highest BCUT2D eigenvalue weighted by molar-refractivity contribution is 7.51. The van der Waals surface area contributed by atoms with Crippen LogP contribution in [0.5, 0.6) is 5.75 Å². The minimum atomic E-state index is -4.81. The van der Waals surface area contributed by atoms with Crippen LogP contribution in [0.4, 0.5) is 24.7 Å². The minimum Gasteiger partial charge on any atom is -0.406 e. The Morgan fingerprint density at radius 2 is 2.03 bits per heavy atom. The fourth-order valence-corrected chi connectivity index (χ4v) is 4.39. The Morgan fingerprint density at radius 1 is 1.29 bits per heavy atom. The number of ether oxygens (including phenoxy) is 1. The Morgan fingerprint density at radius 3 is 2.66 bits per heavy atom. The number of hydrogen-bond acceptors (Lipinski definition) is 7. The zero-order valence-corrected chi connectivity index (χ0v) is 19.2. The molecule has 0 spiro atoms. The molecular weight excluding hydrogens is 490 g/mol. The van der Waals surface area contributed by atoms with Crippen molar-refractivity contribution in [3.63, 3.8) is 0 Å². The molecule has 2 atom stereocenters. The number of rotatable bonds is 7. The molecule has 4 rings (SSSR count). The van der Waals surface area contributed by atoms with Gasteiger partial charge in [0.25, 0.3) is 5.91 Å².